The number of anilines is 1. The molecule has 1 aliphatic heterocycles. The van der Waals surface area contributed by atoms with Crippen LogP contribution in [0.15, 0.2) is 42.9 Å². The van der Waals surface area contributed by atoms with Crippen LogP contribution in [-0.2, 0) is 4.74 Å². The van der Waals surface area contributed by atoms with Gasteiger partial charge in [0.05, 0.1) is 5.39 Å². The van der Waals surface area contributed by atoms with Gasteiger partial charge in [0.25, 0.3) is 0 Å². The predicted molar refractivity (Wildman–Crippen MR) is 98.9 cm³/mol. The van der Waals surface area contributed by atoms with Gasteiger partial charge in [0, 0.05) is 11.2 Å². The van der Waals surface area contributed by atoms with E-state index < -0.39 is 30.1 Å². The van der Waals surface area contributed by atoms with Gasteiger partial charge >= 0.3 is 0 Å². The lowest BCUT2D eigenvalue weighted by atomic mass is 9.88. The van der Waals surface area contributed by atoms with Gasteiger partial charge in [0.15, 0.2) is 6.23 Å². The molecule has 2 aromatic heterocycles. The van der Waals surface area contributed by atoms with Crippen molar-refractivity contribution in [2.24, 2.45) is 0 Å². The molecule has 0 aliphatic carbocycles. The maximum absolute atomic E-state index is 10.9. The highest BCUT2D eigenvalue weighted by Gasteiger charge is 2.55. The van der Waals surface area contributed by atoms with Crippen LogP contribution in [0, 0.1) is 0 Å². The van der Waals surface area contributed by atoms with Crippen molar-refractivity contribution in [1.82, 2.24) is 14.5 Å². The second-order valence-electron chi connectivity index (χ2n) is 6.83. The van der Waals surface area contributed by atoms with E-state index in [1.807, 2.05) is 0 Å². The lowest BCUT2D eigenvalue weighted by Gasteiger charge is -2.29. The quantitative estimate of drug-likeness (QED) is 0.532. The number of hydrogen-bond donors (Lipinski definition) is 4. The van der Waals surface area contributed by atoms with E-state index in [1.54, 1.807) is 41.1 Å². The van der Waals surface area contributed by atoms with Crippen molar-refractivity contribution in [3.8, 4) is 0 Å². The molecule has 9 heteroatoms. The molecule has 8 nitrogen and oxygen atoms in total. The van der Waals surface area contributed by atoms with Crippen molar-refractivity contribution in [3.05, 3.63) is 53.4 Å². The Labute approximate surface area is 159 Å². The number of aliphatic hydroxyl groups excluding tert-OH is 2. The number of rotatable bonds is 3. The highest BCUT2D eigenvalue weighted by atomic mass is 35.5. The molecule has 3 heterocycles. The highest BCUT2D eigenvalue weighted by Crippen LogP contribution is 2.43. The topological polar surface area (TPSA) is 127 Å². The summed E-state index contributed by atoms with van der Waals surface area (Å²) in [5, 5.41) is 33.5. The van der Waals surface area contributed by atoms with Crippen LogP contribution < -0.4 is 5.73 Å². The Hall–Kier alpha value is -2.23. The number of hydrogen-bond acceptors (Lipinski definition) is 7. The monoisotopic (exact) mass is 390 g/mol. The predicted octanol–water partition coefficient (Wildman–Crippen LogP) is 1.41. The molecule has 0 radical (unpaired) electrons. The van der Waals surface area contributed by atoms with E-state index in [-0.39, 0.29) is 0 Å². The van der Waals surface area contributed by atoms with Gasteiger partial charge in [-0.05, 0) is 30.7 Å². The number of halogens is 1. The van der Waals surface area contributed by atoms with Crippen molar-refractivity contribution in [2.45, 2.75) is 37.1 Å². The van der Waals surface area contributed by atoms with E-state index in [1.165, 1.54) is 13.3 Å². The van der Waals surface area contributed by atoms with Gasteiger partial charge in [-0.3, -0.25) is 0 Å². The fourth-order valence-corrected chi connectivity index (χ4v) is 3.59. The van der Waals surface area contributed by atoms with Crippen LogP contribution >= 0.6 is 11.6 Å². The lowest BCUT2D eigenvalue weighted by molar-refractivity contribution is -0.115. The molecule has 3 aromatic rings. The molecule has 1 aliphatic rings. The summed E-state index contributed by atoms with van der Waals surface area (Å²) < 4.78 is 7.48. The summed E-state index contributed by atoms with van der Waals surface area (Å²) in [6, 6.07) is 8.27. The molecule has 5 N–H and O–H groups in total. The van der Waals surface area contributed by atoms with Crippen molar-refractivity contribution >= 4 is 28.5 Å². The van der Waals surface area contributed by atoms with Crippen LogP contribution in [0.4, 0.5) is 5.82 Å². The fourth-order valence-electron chi connectivity index (χ4n) is 3.46. The van der Waals surface area contributed by atoms with Gasteiger partial charge in [-0.2, -0.15) is 0 Å². The first-order valence-electron chi connectivity index (χ1n) is 8.37. The summed E-state index contributed by atoms with van der Waals surface area (Å²) in [6.45, 7) is 1.43. The summed E-state index contributed by atoms with van der Waals surface area (Å²) in [6.07, 6.45) is -1.55. The second-order valence-corrected chi connectivity index (χ2v) is 7.27. The summed E-state index contributed by atoms with van der Waals surface area (Å²) in [4.78, 5) is 8.12. The van der Waals surface area contributed by atoms with Crippen molar-refractivity contribution in [2.75, 3.05) is 5.73 Å². The number of fused-ring (bicyclic) bond motifs is 1. The second kappa shape index (κ2) is 6.43. The van der Waals surface area contributed by atoms with Crippen molar-refractivity contribution in [3.63, 3.8) is 0 Å². The zero-order valence-electron chi connectivity index (χ0n) is 14.4. The number of ether oxygens (including phenoxy) is 1. The molecular weight excluding hydrogens is 372 g/mol. The average molecular weight is 391 g/mol. The third kappa shape index (κ3) is 2.86. The zero-order valence-corrected chi connectivity index (χ0v) is 15.2. The normalized spacial score (nSPS) is 29.3. The Kier molecular flexibility index (Phi) is 4.32. The van der Waals surface area contributed by atoms with Gasteiger partial charge < -0.3 is 30.4 Å². The first-order valence-corrected chi connectivity index (χ1v) is 8.75. The minimum absolute atomic E-state index is 0.302. The third-order valence-corrected chi connectivity index (χ3v) is 5.30. The Morgan fingerprint density at radius 1 is 1.26 bits per heavy atom. The molecule has 0 saturated carbocycles. The Bertz CT molecular complexity index is 975. The zero-order chi connectivity index (χ0) is 19.3. The van der Waals surface area contributed by atoms with Crippen LogP contribution in [0.2, 0.25) is 5.02 Å². The minimum atomic E-state index is -1.71. The fraction of sp³-hybridized carbons (Fsp3) is 0.333. The van der Waals surface area contributed by atoms with Crippen LogP contribution in [0.1, 0.15) is 24.8 Å². The van der Waals surface area contributed by atoms with Gasteiger partial charge in [-0.25, -0.2) is 9.97 Å². The van der Waals surface area contributed by atoms with E-state index in [0.717, 1.165) is 0 Å². The van der Waals surface area contributed by atoms with Gasteiger partial charge in [-0.15, -0.1) is 0 Å². The number of aromatic nitrogens is 3. The minimum Gasteiger partial charge on any atom is -0.386 e. The molecule has 0 bridgehead atoms. The van der Waals surface area contributed by atoms with Crippen LogP contribution in [-0.4, -0.2) is 47.7 Å². The van der Waals surface area contributed by atoms with E-state index in [4.69, 9.17) is 22.1 Å². The van der Waals surface area contributed by atoms with Crippen molar-refractivity contribution in [1.29, 1.82) is 0 Å². The molecule has 0 unspecified atom stereocenters. The highest BCUT2D eigenvalue weighted by molar-refractivity contribution is 6.30. The maximum Gasteiger partial charge on any atom is 0.164 e. The Balaban J connectivity index is 1.70. The molecular formula is C18H19ClN4O4. The first kappa shape index (κ1) is 18.1. The summed E-state index contributed by atoms with van der Waals surface area (Å²) in [5.41, 5.74) is 5.12. The van der Waals surface area contributed by atoms with Crippen LogP contribution in [0.5, 0.6) is 0 Å². The van der Waals surface area contributed by atoms with E-state index in [2.05, 4.69) is 9.97 Å². The van der Waals surface area contributed by atoms with Crippen LogP contribution in [0.3, 0.4) is 0 Å². The molecule has 1 saturated heterocycles. The number of benzene rings is 1. The first-order chi connectivity index (χ1) is 12.8. The molecule has 142 valence electrons. The molecule has 0 amide bonds. The lowest BCUT2D eigenvalue weighted by Crippen LogP contribution is -2.47. The Morgan fingerprint density at radius 3 is 2.67 bits per heavy atom. The van der Waals surface area contributed by atoms with Crippen molar-refractivity contribution < 1.29 is 20.1 Å². The molecule has 27 heavy (non-hydrogen) atoms. The molecule has 0 spiro atoms. The summed E-state index contributed by atoms with van der Waals surface area (Å²) >= 11 is 5.89. The summed E-state index contributed by atoms with van der Waals surface area (Å²) in [5.74, 6) is 0.302. The molecule has 1 aromatic carbocycles. The average Bonchev–Trinajstić information content (AvgIpc) is 3.16. The van der Waals surface area contributed by atoms with E-state index in [9.17, 15) is 15.3 Å². The largest absolute Gasteiger partial charge is 0.386 e. The number of aliphatic hydroxyl groups is 3. The molecule has 1 fully saturated rings. The number of nitrogens with zero attached hydrogens (tertiary/aromatic N) is 3. The van der Waals surface area contributed by atoms with Gasteiger partial charge in [0.2, 0.25) is 0 Å². The van der Waals surface area contributed by atoms with Gasteiger partial charge in [0.1, 0.15) is 41.7 Å². The maximum atomic E-state index is 10.9. The number of nitrogens with two attached hydrogens (primary N) is 1. The van der Waals surface area contributed by atoms with Crippen LogP contribution in [0.25, 0.3) is 11.0 Å². The summed E-state index contributed by atoms with van der Waals surface area (Å²) in [7, 11) is 0. The number of nitrogen functional groups attached to an aromatic ring is 1. The van der Waals surface area contributed by atoms with E-state index >= 15 is 0 Å². The van der Waals surface area contributed by atoms with Gasteiger partial charge in [-0.1, -0.05) is 23.7 Å². The Morgan fingerprint density at radius 2 is 1.96 bits per heavy atom. The standard InChI is InChI=1S/C18H19ClN4O4/c1-18(26)13(25)17(23-7-6-11-15(20)21-8-22-16(11)23)27-14(18)12(24)9-2-4-10(19)5-3-9/h2-8,12-14,17,24-26H,1H3,(H2,20,21,22)/t12-,13+,14-,17-,18+/m1/s1. The molecule has 4 rings (SSSR count). The van der Waals surface area contributed by atoms with E-state index in [0.29, 0.717) is 27.4 Å². The SMILES string of the molecule is C[C@@]1(O)[C@@H]([C@H](O)c2ccc(Cl)cc2)O[C@@H](n2ccc3c(N)ncnc32)[C@@H]1O. The molecule has 5 atom stereocenters. The third-order valence-electron chi connectivity index (χ3n) is 5.04. The smallest absolute Gasteiger partial charge is 0.164 e.